The first-order valence-electron chi connectivity index (χ1n) is 6.85. The Balaban J connectivity index is 2.35. The Morgan fingerprint density at radius 3 is 2.29 bits per heavy atom. The minimum Gasteiger partial charge on any atom is -0.481 e. The molecule has 0 aromatic rings. The minimum absolute atomic E-state index is 0.0851. The number of hydrogen-bond donors (Lipinski definition) is 2. The second kappa shape index (κ2) is 7.71. The van der Waals surface area contributed by atoms with Gasteiger partial charge >= 0.3 is 5.97 Å². The summed E-state index contributed by atoms with van der Waals surface area (Å²) in [4.78, 5) is 26.2. The molecule has 0 radical (unpaired) electrons. The van der Waals surface area contributed by atoms with Crippen molar-refractivity contribution in [1.82, 2.24) is 9.80 Å². The molecule has 1 atom stereocenters. The van der Waals surface area contributed by atoms with Crippen LogP contribution < -0.4 is 5.73 Å². The van der Waals surface area contributed by atoms with Gasteiger partial charge in [-0.2, -0.15) is 0 Å². The maximum atomic E-state index is 12.1. The fourth-order valence-electron chi connectivity index (χ4n) is 2.14. The molecule has 0 aromatic carbocycles. The molecule has 1 aliphatic heterocycles. The summed E-state index contributed by atoms with van der Waals surface area (Å²) in [6, 6.07) is -0.801. The number of carboxylic acids is 1. The van der Waals surface area contributed by atoms with E-state index >= 15 is 0 Å². The molecule has 8 nitrogen and oxygen atoms in total. The SMILES string of the molecule is CS(=O)(=O)CCC(N)C(=O)N1CCN(CCC(=O)O)CC1. The van der Waals surface area contributed by atoms with E-state index in [0.29, 0.717) is 32.7 Å². The van der Waals surface area contributed by atoms with Crippen LogP contribution in [-0.2, 0) is 19.4 Å². The van der Waals surface area contributed by atoms with Crippen LogP contribution in [0.5, 0.6) is 0 Å². The van der Waals surface area contributed by atoms with Crippen molar-refractivity contribution in [1.29, 1.82) is 0 Å². The van der Waals surface area contributed by atoms with Crippen LogP contribution in [-0.4, -0.2) is 86.0 Å². The summed E-state index contributed by atoms with van der Waals surface area (Å²) in [5.74, 6) is -1.17. The van der Waals surface area contributed by atoms with Gasteiger partial charge in [0.2, 0.25) is 5.91 Å². The summed E-state index contributed by atoms with van der Waals surface area (Å²) < 4.78 is 22.1. The van der Waals surface area contributed by atoms with Gasteiger partial charge in [0, 0.05) is 39.0 Å². The van der Waals surface area contributed by atoms with Gasteiger partial charge in [-0.1, -0.05) is 0 Å². The van der Waals surface area contributed by atoms with E-state index in [2.05, 4.69) is 0 Å². The van der Waals surface area contributed by atoms with Crippen molar-refractivity contribution in [3.8, 4) is 0 Å². The zero-order chi connectivity index (χ0) is 16.0. The summed E-state index contributed by atoms with van der Waals surface area (Å²) in [5.41, 5.74) is 5.74. The summed E-state index contributed by atoms with van der Waals surface area (Å²) in [6.45, 7) is 2.67. The third-order valence-electron chi connectivity index (χ3n) is 3.44. The van der Waals surface area contributed by atoms with E-state index in [0.717, 1.165) is 6.26 Å². The summed E-state index contributed by atoms with van der Waals surface area (Å²) in [7, 11) is -3.12. The van der Waals surface area contributed by atoms with E-state index in [9.17, 15) is 18.0 Å². The van der Waals surface area contributed by atoms with Crippen molar-refractivity contribution in [3.05, 3.63) is 0 Å². The van der Waals surface area contributed by atoms with Crippen LogP contribution in [0.15, 0.2) is 0 Å². The largest absolute Gasteiger partial charge is 0.481 e. The zero-order valence-electron chi connectivity index (χ0n) is 12.2. The Labute approximate surface area is 124 Å². The molecule has 1 rings (SSSR count). The highest BCUT2D eigenvalue weighted by atomic mass is 32.2. The molecule has 0 aliphatic carbocycles. The van der Waals surface area contributed by atoms with Gasteiger partial charge in [-0.15, -0.1) is 0 Å². The Morgan fingerprint density at radius 2 is 1.81 bits per heavy atom. The second-order valence-corrected chi connectivity index (χ2v) is 7.60. The summed E-state index contributed by atoms with van der Waals surface area (Å²) >= 11 is 0. The molecule has 0 aromatic heterocycles. The number of nitrogens with two attached hydrogens (primary N) is 1. The van der Waals surface area contributed by atoms with Gasteiger partial charge in [0.15, 0.2) is 0 Å². The number of carboxylic acid groups (broad SMARTS) is 1. The highest BCUT2D eigenvalue weighted by Gasteiger charge is 2.25. The fourth-order valence-corrected chi connectivity index (χ4v) is 2.83. The number of hydrogen-bond acceptors (Lipinski definition) is 6. The minimum atomic E-state index is -3.12. The number of amides is 1. The third kappa shape index (κ3) is 6.87. The first-order valence-corrected chi connectivity index (χ1v) is 8.91. The Morgan fingerprint density at radius 1 is 1.24 bits per heavy atom. The molecule has 3 N–H and O–H groups in total. The van der Waals surface area contributed by atoms with Crippen molar-refractivity contribution in [3.63, 3.8) is 0 Å². The van der Waals surface area contributed by atoms with Crippen LogP contribution >= 0.6 is 0 Å². The first kappa shape index (κ1) is 17.9. The molecule has 1 fully saturated rings. The molecule has 1 heterocycles. The highest BCUT2D eigenvalue weighted by molar-refractivity contribution is 7.90. The number of piperazine rings is 1. The predicted molar refractivity (Wildman–Crippen MR) is 77.6 cm³/mol. The van der Waals surface area contributed by atoms with Crippen LogP contribution in [0.25, 0.3) is 0 Å². The quantitative estimate of drug-likeness (QED) is 0.577. The maximum Gasteiger partial charge on any atom is 0.304 e. The van der Waals surface area contributed by atoms with Crippen LogP contribution in [0.1, 0.15) is 12.8 Å². The Hall–Kier alpha value is -1.19. The van der Waals surface area contributed by atoms with Crippen molar-refractivity contribution in [2.24, 2.45) is 5.73 Å². The van der Waals surface area contributed by atoms with Crippen molar-refractivity contribution in [2.45, 2.75) is 18.9 Å². The molecule has 1 saturated heterocycles. The van der Waals surface area contributed by atoms with E-state index in [-0.39, 0.29) is 24.5 Å². The first-order chi connectivity index (χ1) is 9.69. The fraction of sp³-hybridized carbons (Fsp3) is 0.833. The third-order valence-corrected chi connectivity index (χ3v) is 4.42. The lowest BCUT2D eigenvalue weighted by Crippen LogP contribution is -2.53. The Bertz CT molecular complexity index is 471. The lowest BCUT2D eigenvalue weighted by atomic mass is 10.2. The molecule has 0 spiro atoms. The number of sulfone groups is 1. The van der Waals surface area contributed by atoms with Gasteiger partial charge in [-0.05, 0) is 6.42 Å². The average Bonchev–Trinajstić information content (AvgIpc) is 2.41. The van der Waals surface area contributed by atoms with Gasteiger partial charge in [0.05, 0.1) is 18.2 Å². The van der Waals surface area contributed by atoms with Crippen molar-refractivity contribution in [2.75, 3.05) is 44.7 Å². The van der Waals surface area contributed by atoms with Gasteiger partial charge < -0.3 is 15.7 Å². The lowest BCUT2D eigenvalue weighted by Gasteiger charge is -2.35. The molecule has 1 unspecified atom stereocenters. The molecule has 9 heteroatoms. The van der Waals surface area contributed by atoms with Crippen molar-refractivity contribution < 1.29 is 23.1 Å². The highest BCUT2D eigenvalue weighted by Crippen LogP contribution is 2.06. The molecule has 0 bridgehead atoms. The number of carbonyl (C=O) groups excluding carboxylic acids is 1. The van der Waals surface area contributed by atoms with Crippen LogP contribution in [0.4, 0.5) is 0 Å². The van der Waals surface area contributed by atoms with Crippen LogP contribution in [0.3, 0.4) is 0 Å². The molecule has 21 heavy (non-hydrogen) atoms. The molecule has 122 valence electrons. The van der Waals surface area contributed by atoms with Gasteiger partial charge in [-0.25, -0.2) is 8.42 Å². The molecule has 1 amide bonds. The van der Waals surface area contributed by atoms with E-state index < -0.39 is 21.8 Å². The van der Waals surface area contributed by atoms with Crippen LogP contribution in [0.2, 0.25) is 0 Å². The van der Waals surface area contributed by atoms with Crippen molar-refractivity contribution >= 4 is 21.7 Å². The predicted octanol–water partition coefficient (Wildman–Crippen LogP) is -1.63. The van der Waals surface area contributed by atoms with Gasteiger partial charge in [0.1, 0.15) is 9.84 Å². The smallest absolute Gasteiger partial charge is 0.304 e. The van der Waals surface area contributed by atoms with Crippen LogP contribution in [0, 0.1) is 0 Å². The Kier molecular flexibility index (Phi) is 6.56. The molecular weight excluding hydrogens is 298 g/mol. The van der Waals surface area contributed by atoms with E-state index in [1.807, 2.05) is 4.90 Å². The number of carbonyl (C=O) groups is 2. The number of nitrogens with zero attached hydrogens (tertiary/aromatic N) is 2. The maximum absolute atomic E-state index is 12.1. The average molecular weight is 321 g/mol. The lowest BCUT2D eigenvalue weighted by molar-refractivity contribution is -0.138. The van der Waals surface area contributed by atoms with Gasteiger partial charge in [-0.3, -0.25) is 14.5 Å². The zero-order valence-corrected chi connectivity index (χ0v) is 13.0. The summed E-state index contributed by atoms with van der Waals surface area (Å²) in [6.07, 6.45) is 1.32. The summed E-state index contributed by atoms with van der Waals surface area (Å²) in [5, 5.41) is 8.63. The number of rotatable bonds is 7. The topological polar surface area (TPSA) is 121 Å². The molecular formula is C12H23N3O5S. The van der Waals surface area contributed by atoms with E-state index in [4.69, 9.17) is 10.8 Å². The molecule has 0 saturated carbocycles. The second-order valence-electron chi connectivity index (χ2n) is 5.34. The molecule has 1 aliphatic rings. The standard InChI is InChI=1S/C12H23N3O5S/c1-21(19,20)9-3-10(13)12(18)15-7-5-14(6-8-15)4-2-11(16)17/h10H,2-9,13H2,1H3,(H,16,17). The normalized spacial score (nSPS) is 18.5. The van der Waals surface area contributed by atoms with E-state index in [1.54, 1.807) is 4.90 Å². The monoisotopic (exact) mass is 321 g/mol. The van der Waals surface area contributed by atoms with Gasteiger partial charge in [0.25, 0.3) is 0 Å². The van der Waals surface area contributed by atoms with E-state index in [1.165, 1.54) is 0 Å². The number of aliphatic carboxylic acids is 1.